The predicted octanol–water partition coefficient (Wildman–Crippen LogP) is 2.90. The van der Waals surface area contributed by atoms with E-state index >= 15 is 0 Å². The van der Waals surface area contributed by atoms with Gasteiger partial charge in [-0.15, -0.1) is 0 Å². The number of hydrogen-bond acceptors (Lipinski definition) is 6. The average Bonchev–Trinajstić information content (AvgIpc) is 3.29. The highest BCUT2D eigenvalue weighted by atomic mass is 32.2. The van der Waals surface area contributed by atoms with Crippen molar-refractivity contribution in [2.75, 3.05) is 18.1 Å². The van der Waals surface area contributed by atoms with Crippen molar-refractivity contribution in [3.8, 4) is 0 Å². The number of amides is 2. The van der Waals surface area contributed by atoms with Crippen LogP contribution < -0.4 is 16.0 Å². The molecule has 1 aromatic heterocycles. The summed E-state index contributed by atoms with van der Waals surface area (Å²) in [7, 11) is -3.26. The van der Waals surface area contributed by atoms with Gasteiger partial charge in [-0.1, -0.05) is 24.3 Å². The summed E-state index contributed by atoms with van der Waals surface area (Å²) in [6.07, 6.45) is 2.69. The van der Waals surface area contributed by atoms with Crippen LogP contribution in [0.3, 0.4) is 0 Å². The SMILES string of the molecule is CC(NCC(=O)Nc1ccccc1C(=O)NCc1ccco1)c1ccc(S(C)(=O)=O)cc1. The van der Waals surface area contributed by atoms with Gasteiger partial charge >= 0.3 is 0 Å². The monoisotopic (exact) mass is 455 g/mol. The molecule has 2 aromatic carbocycles. The maximum atomic E-state index is 12.5. The van der Waals surface area contributed by atoms with Gasteiger partial charge in [0.25, 0.3) is 5.91 Å². The Hall–Kier alpha value is -3.43. The number of rotatable bonds is 9. The molecule has 0 aliphatic heterocycles. The smallest absolute Gasteiger partial charge is 0.253 e. The van der Waals surface area contributed by atoms with Crippen LogP contribution >= 0.6 is 0 Å². The molecule has 32 heavy (non-hydrogen) atoms. The Labute approximate surface area is 186 Å². The minimum Gasteiger partial charge on any atom is -0.467 e. The Morgan fingerprint density at radius 1 is 1.00 bits per heavy atom. The van der Waals surface area contributed by atoms with Crippen LogP contribution in [0.25, 0.3) is 0 Å². The molecule has 0 radical (unpaired) electrons. The molecular weight excluding hydrogens is 430 g/mol. The van der Waals surface area contributed by atoms with Gasteiger partial charge in [0.15, 0.2) is 9.84 Å². The number of para-hydroxylation sites is 1. The summed E-state index contributed by atoms with van der Waals surface area (Å²) >= 11 is 0. The van der Waals surface area contributed by atoms with E-state index in [2.05, 4.69) is 16.0 Å². The molecule has 0 spiro atoms. The number of carbonyl (C=O) groups is 2. The molecule has 8 nitrogen and oxygen atoms in total. The molecule has 2 amide bonds. The number of benzene rings is 2. The molecule has 1 atom stereocenters. The first kappa shape index (κ1) is 23.2. The Balaban J connectivity index is 1.56. The van der Waals surface area contributed by atoms with E-state index in [1.807, 2.05) is 6.92 Å². The summed E-state index contributed by atoms with van der Waals surface area (Å²) in [6, 6.07) is 16.6. The van der Waals surface area contributed by atoms with Crippen molar-refractivity contribution in [2.24, 2.45) is 0 Å². The molecule has 0 fully saturated rings. The lowest BCUT2D eigenvalue weighted by Crippen LogP contribution is -2.31. The van der Waals surface area contributed by atoms with E-state index in [-0.39, 0.29) is 35.8 Å². The van der Waals surface area contributed by atoms with Gasteiger partial charge in [-0.05, 0) is 48.9 Å². The van der Waals surface area contributed by atoms with E-state index in [0.717, 1.165) is 11.8 Å². The number of sulfone groups is 1. The van der Waals surface area contributed by atoms with Gasteiger partial charge in [-0.3, -0.25) is 9.59 Å². The second kappa shape index (κ2) is 10.3. The number of carbonyl (C=O) groups excluding carboxylic acids is 2. The highest BCUT2D eigenvalue weighted by Gasteiger charge is 2.15. The third-order valence-corrected chi connectivity index (χ3v) is 5.95. The van der Waals surface area contributed by atoms with Gasteiger partial charge in [0, 0.05) is 12.3 Å². The van der Waals surface area contributed by atoms with Gasteiger partial charge < -0.3 is 20.4 Å². The minimum absolute atomic E-state index is 0.0113. The van der Waals surface area contributed by atoms with Crippen LogP contribution in [0.2, 0.25) is 0 Å². The Morgan fingerprint density at radius 3 is 2.38 bits per heavy atom. The number of nitrogens with one attached hydrogen (secondary N) is 3. The molecule has 0 aliphatic rings. The molecular formula is C23H25N3O5S. The lowest BCUT2D eigenvalue weighted by Gasteiger charge is -2.15. The maximum absolute atomic E-state index is 12.5. The third kappa shape index (κ3) is 6.29. The molecule has 0 aliphatic carbocycles. The highest BCUT2D eigenvalue weighted by Crippen LogP contribution is 2.17. The van der Waals surface area contributed by atoms with Gasteiger partial charge in [-0.25, -0.2) is 8.42 Å². The average molecular weight is 456 g/mol. The van der Waals surface area contributed by atoms with Crippen molar-refractivity contribution in [3.05, 3.63) is 83.8 Å². The van der Waals surface area contributed by atoms with Crippen LogP contribution in [0.1, 0.15) is 34.6 Å². The fourth-order valence-corrected chi connectivity index (χ4v) is 3.66. The highest BCUT2D eigenvalue weighted by molar-refractivity contribution is 7.90. The van der Waals surface area contributed by atoms with Crippen molar-refractivity contribution in [2.45, 2.75) is 24.4 Å². The van der Waals surface area contributed by atoms with Crippen molar-refractivity contribution in [3.63, 3.8) is 0 Å². The van der Waals surface area contributed by atoms with E-state index in [1.165, 1.54) is 6.26 Å². The summed E-state index contributed by atoms with van der Waals surface area (Å²) in [5.41, 5.74) is 1.60. The number of hydrogen-bond donors (Lipinski definition) is 3. The third-order valence-electron chi connectivity index (χ3n) is 4.83. The summed E-state index contributed by atoms with van der Waals surface area (Å²) in [5, 5.41) is 8.61. The first-order chi connectivity index (χ1) is 15.2. The number of anilines is 1. The lowest BCUT2D eigenvalue weighted by molar-refractivity contribution is -0.115. The topological polar surface area (TPSA) is 118 Å². The summed E-state index contributed by atoms with van der Waals surface area (Å²) < 4.78 is 28.4. The van der Waals surface area contributed by atoms with Gasteiger partial charge in [-0.2, -0.15) is 0 Å². The van der Waals surface area contributed by atoms with E-state index in [0.29, 0.717) is 17.0 Å². The first-order valence-electron chi connectivity index (χ1n) is 9.97. The Kier molecular flexibility index (Phi) is 7.45. The van der Waals surface area contributed by atoms with Crippen molar-refractivity contribution < 1.29 is 22.4 Å². The van der Waals surface area contributed by atoms with Crippen LogP contribution in [0.15, 0.2) is 76.2 Å². The quantitative estimate of drug-likeness (QED) is 0.457. The molecule has 1 heterocycles. The normalized spacial score (nSPS) is 12.2. The standard InChI is InChI=1S/C23H25N3O5S/c1-16(17-9-11-19(12-10-17)32(2,29)30)24-15-22(27)26-21-8-4-3-7-20(21)23(28)25-14-18-6-5-13-31-18/h3-13,16,24H,14-15H2,1-2H3,(H,25,28)(H,26,27). The van der Waals surface area contributed by atoms with Gasteiger partial charge in [0.05, 0.1) is 35.5 Å². The van der Waals surface area contributed by atoms with Crippen LogP contribution in [-0.4, -0.2) is 33.0 Å². The van der Waals surface area contributed by atoms with E-state index in [9.17, 15) is 18.0 Å². The zero-order valence-corrected chi connectivity index (χ0v) is 18.6. The largest absolute Gasteiger partial charge is 0.467 e. The second-order valence-electron chi connectivity index (χ2n) is 7.30. The fourth-order valence-electron chi connectivity index (χ4n) is 3.03. The summed E-state index contributed by atoms with van der Waals surface area (Å²) in [5.74, 6) is -0.0110. The van der Waals surface area contributed by atoms with Crippen LogP contribution in [-0.2, 0) is 21.2 Å². The van der Waals surface area contributed by atoms with E-state index in [4.69, 9.17) is 4.42 Å². The molecule has 168 valence electrons. The fraction of sp³-hybridized carbons (Fsp3) is 0.217. The van der Waals surface area contributed by atoms with E-state index < -0.39 is 9.84 Å². The molecule has 0 saturated heterocycles. The second-order valence-corrected chi connectivity index (χ2v) is 9.32. The molecule has 3 N–H and O–H groups in total. The predicted molar refractivity (Wildman–Crippen MR) is 121 cm³/mol. The Bertz CT molecular complexity index is 1170. The first-order valence-corrected chi connectivity index (χ1v) is 11.9. The van der Waals surface area contributed by atoms with E-state index in [1.54, 1.807) is 60.7 Å². The van der Waals surface area contributed by atoms with Crippen LogP contribution in [0.4, 0.5) is 5.69 Å². The zero-order chi connectivity index (χ0) is 23.1. The molecule has 1 unspecified atom stereocenters. The van der Waals surface area contributed by atoms with Crippen LogP contribution in [0.5, 0.6) is 0 Å². The Morgan fingerprint density at radius 2 is 1.72 bits per heavy atom. The zero-order valence-electron chi connectivity index (χ0n) is 17.8. The molecule has 0 bridgehead atoms. The van der Waals surface area contributed by atoms with Crippen molar-refractivity contribution >= 4 is 27.3 Å². The molecule has 3 rings (SSSR count). The number of furan rings is 1. The maximum Gasteiger partial charge on any atom is 0.253 e. The van der Waals surface area contributed by atoms with Gasteiger partial charge in [0.1, 0.15) is 5.76 Å². The van der Waals surface area contributed by atoms with Crippen LogP contribution in [0, 0.1) is 0 Å². The summed E-state index contributed by atoms with van der Waals surface area (Å²) in [6.45, 7) is 2.13. The van der Waals surface area contributed by atoms with Crippen molar-refractivity contribution in [1.82, 2.24) is 10.6 Å². The summed E-state index contributed by atoms with van der Waals surface area (Å²) in [4.78, 5) is 25.2. The lowest BCUT2D eigenvalue weighted by atomic mass is 10.1. The van der Waals surface area contributed by atoms with Gasteiger partial charge in [0.2, 0.25) is 5.91 Å². The molecule has 0 saturated carbocycles. The molecule has 3 aromatic rings. The minimum atomic E-state index is -3.26. The van der Waals surface area contributed by atoms with Crippen molar-refractivity contribution in [1.29, 1.82) is 0 Å². The molecule has 9 heteroatoms.